The van der Waals surface area contributed by atoms with Gasteiger partial charge in [0.25, 0.3) is 0 Å². The van der Waals surface area contributed by atoms with Crippen molar-refractivity contribution in [2.45, 2.75) is 77.5 Å². The monoisotopic (exact) mass is 533 g/mol. The third-order valence-electron chi connectivity index (χ3n) is 5.99. The molecule has 1 aromatic heterocycles. The van der Waals surface area contributed by atoms with E-state index in [4.69, 9.17) is 9.73 Å². The van der Waals surface area contributed by atoms with Gasteiger partial charge < -0.3 is 24.8 Å². The summed E-state index contributed by atoms with van der Waals surface area (Å²) in [5.74, 6) is 1.91. The second-order valence-electron chi connectivity index (χ2n) is 8.21. The lowest BCUT2D eigenvalue weighted by atomic mass is 10.0. The highest BCUT2D eigenvalue weighted by atomic mass is 127. The number of hydrogen-bond donors (Lipinski definition) is 2. The van der Waals surface area contributed by atoms with Crippen molar-refractivity contribution < 1.29 is 4.74 Å². The average Bonchev–Trinajstić information content (AvgIpc) is 3.41. The fraction of sp³-hybridized carbons (Fsp3) is 0.857. The molecule has 30 heavy (non-hydrogen) atoms. The molecule has 2 N–H and O–H groups in total. The second-order valence-corrected chi connectivity index (χ2v) is 8.21. The molecule has 2 atom stereocenters. The molecule has 172 valence electrons. The molecule has 3 heterocycles. The van der Waals surface area contributed by atoms with Gasteiger partial charge in [0.1, 0.15) is 12.2 Å². The van der Waals surface area contributed by atoms with Gasteiger partial charge in [-0.25, -0.2) is 0 Å². The molecule has 0 aliphatic carbocycles. The Hall–Kier alpha value is -0.940. The van der Waals surface area contributed by atoms with Crippen LogP contribution in [-0.2, 0) is 17.7 Å². The van der Waals surface area contributed by atoms with Gasteiger partial charge in [0, 0.05) is 45.2 Å². The molecule has 0 radical (unpaired) electrons. The number of hydrogen-bond acceptors (Lipinski definition) is 5. The van der Waals surface area contributed by atoms with E-state index < -0.39 is 0 Å². The average molecular weight is 534 g/mol. The first kappa shape index (κ1) is 25.3. The van der Waals surface area contributed by atoms with Gasteiger partial charge in [-0.05, 0) is 45.6 Å². The van der Waals surface area contributed by atoms with Gasteiger partial charge in [-0.15, -0.1) is 34.2 Å². The minimum Gasteiger partial charge on any atom is -0.376 e. The zero-order valence-electron chi connectivity index (χ0n) is 18.7. The second kappa shape index (κ2) is 14.2. The molecule has 1 aromatic rings. The van der Waals surface area contributed by atoms with Gasteiger partial charge in [-0.3, -0.25) is 4.99 Å². The Kier molecular flexibility index (Phi) is 12.0. The van der Waals surface area contributed by atoms with E-state index in [0.29, 0.717) is 0 Å². The lowest BCUT2D eigenvalue weighted by Crippen LogP contribution is -2.42. The summed E-state index contributed by atoms with van der Waals surface area (Å²) in [5, 5.41) is 15.2. The number of nitrogens with zero attached hydrogens (tertiary/aromatic N) is 5. The standard InChI is InChI=1S/C21H39N7O.HI/c1-3-20-26-25-17-28(20)14-11-23-21(24-16-19-9-6-15-29-19)22-10-7-13-27-12-5-4-8-18(27)2;/h17-19H,3-16H2,1-2H3,(H2,22,23,24);1H. The van der Waals surface area contributed by atoms with E-state index in [9.17, 15) is 0 Å². The summed E-state index contributed by atoms with van der Waals surface area (Å²) in [6.07, 6.45) is 10.4. The van der Waals surface area contributed by atoms with E-state index in [1.807, 2.05) is 0 Å². The van der Waals surface area contributed by atoms with Crippen molar-refractivity contribution in [3.63, 3.8) is 0 Å². The van der Waals surface area contributed by atoms with Crippen molar-refractivity contribution in [3.05, 3.63) is 12.2 Å². The first-order valence-corrected chi connectivity index (χ1v) is 11.5. The van der Waals surface area contributed by atoms with E-state index in [1.165, 1.54) is 25.8 Å². The molecule has 0 amide bonds. The van der Waals surface area contributed by atoms with Crippen molar-refractivity contribution in [2.24, 2.45) is 4.99 Å². The number of aromatic nitrogens is 3. The van der Waals surface area contributed by atoms with Crippen molar-refractivity contribution >= 4 is 29.9 Å². The molecule has 2 aliphatic heterocycles. The number of nitrogens with one attached hydrogen (secondary N) is 2. The van der Waals surface area contributed by atoms with Gasteiger partial charge in [0.2, 0.25) is 0 Å². The lowest BCUT2D eigenvalue weighted by molar-refractivity contribution is 0.117. The minimum absolute atomic E-state index is 0. The first-order chi connectivity index (χ1) is 14.3. The van der Waals surface area contributed by atoms with Crippen LogP contribution in [0.1, 0.15) is 58.2 Å². The number of ether oxygens (including phenoxy) is 1. The van der Waals surface area contributed by atoms with Gasteiger partial charge in [-0.2, -0.15) is 0 Å². The van der Waals surface area contributed by atoms with Gasteiger partial charge in [0.05, 0.1) is 12.6 Å². The summed E-state index contributed by atoms with van der Waals surface area (Å²) in [6, 6.07) is 0.728. The van der Waals surface area contributed by atoms with E-state index >= 15 is 0 Å². The van der Waals surface area contributed by atoms with E-state index in [-0.39, 0.29) is 30.1 Å². The smallest absolute Gasteiger partial charge is 0.191 e. The first-order valence-electron chi connectivity index (χ1n) is 11.5. The molecular formula is C21H40IN7O. The molecule has 3 rings (SSSR count). The zero-order valence-corrected chi connectivity index (χ0v) is 21.0. The normalized spacial score (nSPS) is 22.7. The highest BCUT2D eigenvalue weighted by molar-refractivity contribution is 14.0. The van der Waals surface area contributed by atoms with Gasteiger partial charge in [-0.1, -0.05) is 13.3 Å². The van der Waals surface area contributed by atoms with Crippen LogP contribution in [0.4, 0.5) is 0 Å². The summed E-state index contributed by atoms with van der Waals surface area (Å²) in [5.41, 5.74) is 0. The third-order valence-corrected chi connectivity index (χ3v) is 5.99. The van der Waals surface area contributed by atoms with Crippen molar-refractivity contribution in [1.29, 1.82) is 0 Å². The molecule has 2 aliphatic rings. The number of aliphatic imine (C=N–C) groups is 1. The van der Waals surface area contributed by atoms with Crippen molar-refractivity contribution in [2.75, 3.05) is 39.3 Å². The number of halogens is 1. The molecule has 9 heteroatoms. The maximum Gasteiger partial charge on any atom is 0.191 e. The Morgan fingerprint density at radius 1 is 1.20 bits per heavy atom. The quantitative estimate of drug-likeness (QED) is 0.208. The van der Waals surface area contributed by atoms with Crippen LogP contribution in [0.15, 0.2) is 11.3 Å². The van der Waals surface area contributed by atoms with Crippen LogP contribution in [-0.4, -0.2) is 77.1 Å². The molecular weight excluding hydrogens is 493 g/mol. The summed E-state index contributed by atoms with van der Waals surface area (Å²) >= 11 is 0. The summed E-state index contributed by atoms with van der Waals surface area (Å²) in [6.45, 7) is 11.0. The maximum atomic E-state index is 5.72. The molecule has 0 bridgehead atoms. The number of aryl methyl sites for hydroxylation is 1. The Morgan fingerprint density at radius 3 is 2.83 bits per heavy atom. The summed E-state index contributed by atoms with van der Waals surface area (Å²) in [7, 11) is 0. The molecule has 2 unspecified atom stereocenters. The third kappa shape index (κ3) is 8.30. The SMILES string of the molecule is CCc1nncn1CCNC(=NCC1CCCO1)NCCCN1CCCCC1C.I. The number of guanidine groups is 1. The highest BCUT2D eigenvalue weighted by Gasteiger charge is 2.17. The number of likely N-dealkylation sites (tertiary alicyclic amines) is 1. The summed E-state index contributed by atoms with van der Waals surface area (Å²) < 4.78 is 7.82. The number of piperidine rings is 1. The highest BCUT2D eigenvalue weighted by Crippen LogP contribution is 2.16. The molecule has 0 aromatic carbocycles. The molecule has 0 saturated carbocycles. The van der Waals surface area contributed by atoms with Crippen LogP contribution in [0, 0.1) is 0 Å². The fourth-order valence-corrected chi connectivity index (χ4v) is 4.17. The molecule has 8 nitrogen and oxygen atoms in total. The van der Waals surface area contributed by atoms with E-state index in [2.05, 4.69) is 44.1 Å². The summed E-state index contributed by atoms with van der Waals surface area (Å²) in [4.78, 5) is 7.41. The van der Waals surface area contributed by atoms with E-state index in [1.54, 1.807) is 6.33 Å². The van der Waals surface area contributed by atoms with Gasteiger partial charge >= 0.3 is 0 Å². The van der Waals surface area contributed by atoms with Crippen LogP contribution < -0.4 is 10.6 Å². The van der Waals surface area contributed by atoms with Crippen molar-refractivity contribution in [3.8, 4) is 0 Å². The lowest BCUT2D eigenvalue weighted by Gasteiger charge is -2.33. The Bertz CT molecular complexity index is 618. The fourth-order valence-electron chi connectivity index (χ4n) is 4.17. The van der Waals surface area contributed by atoms with Crippen LogP contribution >= 0.6 is 24.0 Å². The predicted octanol–water partition coefficient (Wildman–Crippen LogP) is 2.44. The predicted molar refractivity (Wildman–Crippen MR) is 132 cm³/mol. The van der Waals surface area contributed by atoms with Crippen LogP contribution in [0.25, 0.3) is 0 Å². The van der Waals surface area contributed by atoms with Crippen molar-refractivity contribution in [1.82, 2.24) is 30.3 Å². The largest absolute Gasteiger partial charge is 0.376 e. The topological polar surface area (TPSA) is 79.6 Å². The Balaban J connectivity index is 0.00000320. The minimum atomic E-state index is 0. The Morgan fingerprint density at radius 2 is 2.07 bits per heavy atom. The van der Waals surface area contributed by atoms with E-state index in [0.717, 1.165) is 82.8 Å². The van der Waals surface area contributed by atoms with Crippen LogP contribution in [0.5, 0.6) is 0 Å². The van der Waals surface area contributed by atoms with Crippen LogP contribution in [0.2, 0.25) is 0 Å². The molecule has 2 saturated heterocycles. The molecule has 2 fully saturated rings. The van der Waals surface area contributed by atoms with Crippen LogP contribution in [0.3, 0.4) is 0 Å². The van der Waals surface area contributed by atoms with Gasteiger partial charge in [0.15, 0.2) is 5.96 Å². The Labute approximate surface area is 198 Å². The molecule has 0 spiro atoms. The number of rotatable bonds is 10. The maximum absolute atomic E-state index is 5.72. The zero-order chi connectivity index (χ0) is 20.3.